The van der Waals surface area contributed by atoms with Crippen LogP contribution in [0.25, 0.3) is 0 Å². The molecule has 11 heteroatoms. The first-order valence-corrected chi connectivity index (χ1v) is 10.8. The van der Waals surface area contributed by atoms with Crippen molar-refractivity contribution in [2.24, 2.45) is 5.16 Å². The molecule has 0 spiro atoms. The van der Waals surface area contributed by atoms with E-state index in [1.807, 2.05) is 0 Å². The molecule has 0 aromatic heterocycles. The monoisotopic (exact) mass is 453 g/mol. The minimum atomic E-state index is -3.63. The zero-order valence-electron chi connectivity index (χ0n) is 16.6. The number of morpholine rings is 1. The topological polar surface area (TPSA) is 97.3 Å². The zero-order chi connectivity index (χ0) is 22.4. The van der Waals surface area contributed by atoms with Crippen molar-refractivity contribution in [2.75, 3.05) is 31.6 Å². The zero-order valence-corrected chi connectivity index (χ0v) is 17.4. The number of benzene rings is 2. The highest BCUT2D eigenvalue weighted by molar-refractivity contribution is 7.89. The molecule has 3 rings (SSSR count). The van der Waals surface area contributed by atoms with Crippen LogP contribution in [0.4, 0.5) is 14.5 Å². The van der Waals surface area contributed by atoms with Crippen molar-refractivity contribution < 1.29 is 31.6 Å². The summed E-state index contributed by atoms with van der Waals surface area (Å²) < 4.78 is 58.8. The number of nitrogens with one attached hydrogen (secondary N) is 1. The molecule has 2 aromatic carbocycles. The summed E-state index contributed by atoms with van der Waals surface area (Å²) in [5, 5.41) is 6.02. The molecule has 1 amide bonds. The van der Waals surface area contributed by atoms with Crippen molar-refractivity contribution in [2.45, 2.75) is 17.9 Å². The van der Waals surface area contributed by atoms with E-state index in [9.17, 15) is 22.0 Å². The Bertz CT molecular complexity index is 1030. The minimum Gasteiger partial charge on any atom is -0.383 e. The van der Waals surface area contributed by atoms with Crippen molar-refractivity contribution in [1.29, 1.82) is 0 Å². The number of ether oxygens (including phenoxy) is 1. The first-order valence-electron chi connectivity index (χ1n) is 9.41. The van der Waals surface area contributed by atoms with Crippen LogP contribution in [0, 0.1) is 11.6 Å². The molecule has 1 aliphatic heterocycles. The predicted octanol–water partition coefficient (Wildman–Crippen LogP) is 2.36. The molecule has 0 radical (unpaired) electrons. The number of halogens is 2. The van der Waals surface area contributed by atoms with Crippen molar-refractivity contribution in [3.05, 3.63) is 59.7 Å². The quantitative estimate of drug-likeness (QED) is 0.513. The third-order valence-corrected chi connectivity index (χ3v) is 6.41. The lowest BCUT2D eigenvalue weighted by atomic mass is 10.2. The number of rotatable bonds is 7. The fraction of sp³-hybridized carbons (Fsp3) is 0.300. The van der Waals surface area contributed by atoms with Gasteiger partial charge in [0.15, 0.2) is 0 Å². The van der Waals surface area contributed by atoms with Crippen LogP contribution in [0.3, 0.4) is 0 Å². The van der Waals surface area contributed by atoms with Gasteiger partial charge in [0, 0.05) is 18.8 Å². The molecule has 1 atom stereocenters. The third-order valence-electron chi connectivity index (χ3n) is 4.50. The van der Waals surface area contributed by atoms with Gasteiger partial charge in [0.2, 0.25) is 16.1 Å². The van der Waals surface area contributed by atoms with Crippen LogP contribution >= 0.6 is 0 Å². The Hall–Kier alpha value is -2.89. The molecule has 0 saturated carbocycles. The Kier molecular flexibility index (Phi) is 7.31. The standard InChI is InChI=1S/C20H21F2N3O5S/c1-14(30-23-13-17-18(21)3-2-4-19(17)22)20(26)24-15-5-7-16(8-6-15)31(27,28)25-9-11-29-12-10-25/h2-8,13-14H,9-12H2,1H3,(H,24,26). The van der Waals surface area contributed by atoms with Gasteiger partial charge in [0.25, 0.3) is 5.91 Å². The van der Waals surface area contributed by atoms with Crippen LogP contribution in [0.15, 0.2) is 52.5 Å². The van der Waals surface area contributed by atoms with E-state index in [1.54, 1.807) is 0 Å². The number of anilines is 1. The summed E-state index contributed by atoms with van der Waals surface area (Å²) in [5.74, 6) is -2.19. The second-order valence-electron chi connectivity index (χ2n) is 6.65. The van der Waals surface area contributed by atoms with Gasteiger partial charge in [-0.05, 0) is 43.3 Å². The van der Waals surface area contributed by atoms with Crippen molar-refractivity contribution in [3.8, 4) is 0 Å². The van der Waals surface area contributed by atoms with Gasteiger partial charge in [0.05, 0.1) is 29.9 Å². The van der Waals surface area contributed by atoms with Crippen LogP contribution in [-0.2, 0) is 24.4 Å². The van der Waals surface area contributed by atoms with Gasteiger partial charge < -0.3 is 14.9 Å². The maximum Gasteiger partial charge on any atom is 0.267 e. The van der Waals surface area contributed by atoms with Crippen molar-refractivity contribution >= 4 is 27.8 Å². The SMILES string of the molecule is CC(ON=Cc1c(F)cccc1F)C(=O)Nc1ccc(S(=O)(=O)N2CCOCC2)cc1. The average molecular weight is 453 g/mol. The number of oxime groups is 1. The molecule has 2 aromatic rings. The molecular weight excluding hydrogens is 432 g/mol. The van der Waals surface area contributed by atoms with Gasteiger partial charge in [-0.25, -0.2) is 17.2 Å². The van der Waals surface area contributed by atoms with Gasteiger partial charge in [-0.2, -0.15) is 4.31 Å². The van der Waals surface area contributed by atoms with E-state index >= 15 is 0 Å². The van der Waals surface area contributed by atoms with E-state index in [2.05, 4.69) is 10.5 Å². The Labute approximate surface area is 178 Å². The lowest BCUT2D eigenvalue weighted by Crippen LogP contribution is -2.40. The summed E-state index contributed by atoms with van der Waals surface area (Å²) >= 11 is 0. The second kappa shape index (κ2) is 9.94. The van der Waals surface area contributed by atoms with Gasteiger partial charge in [0.1, 0.15) is 11.6 Å². The second-order valence-corrected chi connectivity index (χ2v) is 8.59. The first-order chi connectivity index (χ1) is 14.8. The fourth-order valence-corrected chi connectivity index (χ4v) is 4.15. The summed E-state index contributed by atoms with van der Waals surface area (Å²) in [4.78, 5) is 17.3. The normalized spacial score (nSPS) is 16.2. The van der Waals surface area contributed by atoms with E-state index in [4.69, 9.17) is 9.57 Å². The largest absolute Gasteiger partial charge is 0.383 e. The van der Waals surface area contributed by atoms with Gasteiger partial charge in [-0.3, -0.25) is 4.79 Å². The molecule has 1 unspecified atom stereocenters. The van der Waals surface area contributed by atoms with E-state index in [0.717, 1.165) is 18.3 Å². The Balaban J connectivity index is 1.58. The number of hydrogen-bond donors (Lipinski definition) is 1. The van der Waals surface area contributed by atoms with E-state index in [1.165, 1.54) is 41.6 Å². The van der Waals surface area contributed by atoms with Crippen LogP contribution in [-0.4, -0.2) is 57.3 Å². The Morgan fingerprint density at radius 3 is 2.39 bits per heavy atom. The smallest absolute Gasteiger partial charge is 0.267 e. The molecule has 166 valence electrons. The van der Waals surface area contributed by atoms with E-state index < -0.39 is 33.7 Å². The summed E-state index contributed by atoms with van der Waals surface area (Å²) in [6.07, 6.45) is -0.220. The Morgan fingerprint density at radius 2 is 1.77 bits per heavy atom. The van der Waals surface area contributed by atoms with Gasteiger partial charge in [-0.15, -0.1) is 0 Å². The highest BCUT2D eigenvalue weighted by Crippen LogP contribution is 2.19. The molecule has 1 aliphatic rings. The van der Waals surface area contributed by atoms with Crippen molar-refractivity contribution in [3.63, 3.8) is 0 Å². The van der Waals surface area contributed by atoms with Crippen LogP contribution in [0.2, 0.25) is 0 Å². The van der Waals surface area contributed by atoms with E-state index in [0.29, 0.717) is 18.9 Å². The van der Waals surface area contributed by atoms with E-state index in [-0.39, 0.29) is 23.5 Å². The fourth-order valence-electron chi connectivity index (χ4n) is 2.75. The molecule has 8 nitrogen and oxygen atoms in total. The van der Waals surface area contributed by atoms with Gasteiger partial charge in [-0.1, -0.05) is 11.2 Å². The summed E-state index contributed by atoms with van der Waals surface area (Å²) in [7, 11) is -3.63. The lowest BCUT2D eigenvalue weighted by Gasteiger charge is -2.26. The lowest BCUT2D eigenvalue weighted by molar-refractivity contribution is -0.126. The number of nitrogens with zero attached hydrogens (tertiary/aromatic N) is 2. The Morgan fingerprint density at radius 1 is 1.16 bits per heavy atom. The number of hydrogen-bond acceptors (Lipinski definition) is 6. The maximum absolute atomic E-state index is 13.5. The molecule has 1 N–H and O–H groups in total. The minimum absolute atomic E-state index is 0.105. The molecule has 0 aliphatic carbocycles. The molecule has 31 heavy (non-hydrogen) atoms. The van der Waals surface area contributed by atoms with Crippen LogP contribution in [0.1, 0.15) is 12.5 Å². The number of carbonyl (C=O) groups excluding carboxylic acids is 1. The molecule has 1 saturated heterocycles. The molecule has 1 heterocycles. The van der Waals surface area contributed by atoms with Gasteiger partial charge >= 0.3 is 0 Å². The molecular formula is C20H21F2N3O5S. The highest BCUT2D eigenvalue weighted by Gasteiger charge is 2.26. The predicted molar refractivity (Wildman–Crippen MR) is 109 cm³/mol. The average Bonchev–Trinajstić information content (AvgIpc) is 2.76. The molecule has 0 bridgehead atoms. The summed E-state index contributed by atoms with van der Waals surface area (Å²) in [6, 6.07) is 9.06. The van der Waals surface area contributed by atoms with Crippen LogP contribution in [0.5, 0.6) is 0 Å². The summed E-state index contributed by atoms with van der Waals surface area (Å²) in [5.41, 5.74) is -0.0299. The summed E-state index contributed by atoms with van der Waals surface area (Å²) in [6.45, 7) is 2.66. The number of amides is 1. The first kappa shape index (κ1) is 22.8. The third kappa shape index (κ3) is 5.63. The number of carbonyl (C=O) groups is 1. The number of sulfonamides is 1. The molecule has 1 fully saturated rings. The van der Waals surface area contributed by atoms with Crippen LogP contribution < -0.4 is 5.32 Å². The highest BCUT2D eigenvalue weighted by atomic mass is 32.2. The van der Waals surface area contributed by atoms with Crippen molar-refractivity contribution in [1.82, 2.24) is 4.31 Å². The maximum atomic E-state index is 13.5.